The molecule has 1 atom stereocenters. The van der Waals surface area contributed by atoms with E-state index in [2.05, 4.69) is 5.32 Å². The largest absolute Gasteiger partial charge is 0.324 e. The van der Waals surface area contributed by atoms with Gasteiger partial charge in [-0.2, -0.15) is 0 Å². The maximum atomic E-state index is 12.9. The molecule has 144 valence electrons. The Morgan fingerprint density at radius 3 is 2.26 bits per heavy atom. The summed E-state index contributed by atoms with van der Waals surface area (Å²) in [6.45, 7) is 5.10. The van der Waals surface area contributed by atoms with Crippen molar-refractivity contribution in [2.45, 2.75) is 33.2 Å². The zero-order chi connectivity index (χ0) is 20.2. The lowest BCUT2D eigenvalue weighted by atomic mass is 10.1. The minimum Gasteiger partial charge on any atom is -0.324 e. The second-order valence-electron chi connectivity index (χ2n) is 6.44. The third-order valence-electron chi connectivity index (χ3n) is 4.15. The second-order valence-corrected chi connectivity index (χ2v) is 8.30. The Morgan fingerprint density at radius 1 is 1.11 bits per heavy atom. The standard InChI is InChI=1S/C20H24N2O4S/c1-5-19(20(24)21-17-8-6-7-16(13-17)15(3)23)22(27(4,25)26)18-11-9-14(2)10-12-18/h6-13,19H,5H2,1-4H3,(H,21,24)/t19-/m1/s1. The number of nitrogens with zero attached hydrogens (tertiary/aromatic N) is 1. The lowest BCUT2D eigenvalue weighted by Gasteiger charge is -2.30. The SMILES string of the molecule is CC[C@H](C(=O)Nc1cccc(C(C)=O)c1)N(c1ccc(C)cc1)S(C)(=O)=O. The van der Waals surface area contributed by atoms with Crippen molar-refractivity contribution in [3.63, 3.8) is 0 Å². The number of benzene rings is 2. The average molecular weight is 388 g/mol. The van der Waals surface area contributed by atoms with Gasteiger partial charge in [0.1, 0.15) is 6.04 Å². The molecule has 0 aliphatic carbocycles. The molecule has 0 heterocycles. The predicted octanol–water partition coefficient (Wildman–Crippen LogP) is 3.38. The number of nitrogens with one attached hydrogen (secondary N) is 1. The average Bonchev–Trinajstić information content (AvgIpc) is 2.59. The van der Waals surface area contributed by atoms with Crippen LogP contribution in [-0.2, 0) is 14.8 Å². The number of amides is 1. The van der Waals surface area contributed by atoms with Gasteiger partial charge in [-0.25, -0.2) is 8.42 Å². The molecule has 0 fully saturated rings. The molecule has 1 N–H and O–H groups in total. The van der Waals surface area contributed by atoms with Crippen LogP contribution in [0.3, 0.4) is 0 Å². The van der Waals surface area contributed by atoms with E-state index in [-0.39, 0.29) is 5.78 Å². The topological polar surface area (TPSA) is 83.6 Å². The van der Waals surface area contributed by atoms with Crippen molar-refractivity contribution in [1.82, 2.24) is 0 Å². The van der Waals surface area contributed by atoms with Crippen LogP contribution in [0, 0.1) is 6.92 Å². The van der Waals surface area contributed by atoms with Crippen LogP contribution in [0.1, 0.15) is 36.2 Å². The molecule has 0 unspecified atom stereocenters. The Labute approximate surface area is 160 Å². The van der Waals surface area contributed by atoms with Crippen molar-refractivity contribution in [3.05, 3.63) is 59.7 Å². The van der Waals surface area contributed by atoms with E-state index in [0.717, 1.165) is 16.1 Å². The minimum absolute atomic E-state index is 0.115. The number of carbonyl (C=O) groups excluding carboxylic acids is 2. The van der Waals surface area contributed by atoms with Crippen molar-refractivity contribution in [2.24, 2.45) is 0 Å². The first kappa shape index (κ1) is 20.6. The highest BCUT2D eigenvalue weighted by Gasteiger charge is 2.31. The van der Waals surface area contributed by atoms with Gasteiger partial charge in [0.05, 0.1) is 11.9 Å². The fraction of sp³-hybridized carbons (Fsp3) is 0.300. The number of ketones is 1. The quantitative estimate of drug-likeness (QED) is 0.737. The summed E-state index contributed by atoms with van der Waals surface area (Å²) in [5, 5.41) is 2.72. The number of carbonyl (C=O) groups is 2. The highest BCUT2D eigenvalue weighted by atomic mass is 32.2. The molecule has 2 rings (SSSR count). The summed E-state index contributed by atoms with van der Waals surface area (Å²) < 4.78 is 26.0. The van der Waals surface area contributed by atoms with Gasteiger partial charge in [-0.05, 0) is 44.5 Å². The first-order valence-corrected chi connectivity index (χ1v) is 10.5. The van der Waals surface area contributed by atoms with Gasteiger partial charge in [-0.15, -0.1) is 0 Å². The third-order valence-corrected chi connectivity index (χ3v) is 5.33. The van der Waals surface area contributed by atoms with Crippen LogP contribution in [0.15, 0.2) is 48.5 Å². The van der Waals surface area contributed by atoms with Crippen LogP contribution in [0.2, 0.25) is 0 Å². The Hall–Kier alpha value is -2.67. The minimum atomic E-state index is -3.68. The Kier molecular flexibility index (Phi) is 6.38. The molecule has 0 aliphatic heterocycles. The lowest BCUT2D eigenvalue weighted by molar-refractivity contribution is -0.117. The fourth-order valence-electron chi connectivity index (χ4n) is 2.79. The molecular formula is C20H24N2O4S. The Balaban J connectivity index is 2.36. The number of rotatable bonds is 7. The lowest BCUT2D eigenvalue weighted by Crippen LogP contribution is -2.47. The Bertz CT molecular complexity index is 937. The van der Waals surface area contributed by atoms with E-state index in [1.54, 1.807) is 55.5 Å². The maximum absolute atomic E-state index is 12.9. The Morgan fingerprint density at radius 2 is 1.74 bits per heavy atom. The molecule has 0 aromatic heterocycles. The second kappa shape index (κ2) is 8.35. The molecule has 0 radical (unpaired) electrons. The highest BCUT2D eigenvalue weighted by Crippen LogP contribution is 2.24. The van der Waals surface area contributed by atoms with Gasteiger partial charge in [0.25, 0.3) is 0 Å². The smallest absolute Gasteiger partial charge is 0.248 e. The van der Waals surface area contributed by atoms with Gasteiger partial charge in [-0.3, -0.25) is 13.9 Å². The van der Waals surface area contributed by atoms with Crippen molar-refractivity contribution < 1.29 is 18.0 Å². The fourth-order valence-corrected chi connectivity index (χ4v) is 4.01. The monoisotopic (exact) mass is 388 g/mol. The van der Waals surface area contributed by atoms with Crippen molar-refractivity contribution in [1.29, 1.82) is 0 Å². The van der Waals surface area contributed by atoms with E-state index < -0.39 is 22.0 Å². The molecule has 7 heteroatoms. The summed E-state index contributed by atoms with van der Waals surface area (Å²) >= 11 is 0. The van der Waals surface area contributed by atoms with E-state index in [0.29, 0.717) is 23.4 Å². The van der Waals surface area contributed by atoms with Gasteiger partial charge in [-0.1, -0.05) is 36.8 Å². The predicted molar refractivity (Wildman–Crippen MR) is 108 cm³/mol. The maximum Gasteiger partial charge on any atom is 0.248 e. The first-order chi connectivity index (χ1) is 12.6. The molecule has 0 saturated heterocycles. The number of hydrogen-bond acceptors (Lipinski definition) is 4. The van der Waals surface area contributed by atoms with Crippen molar-refractivity contribution >= 4 is 33.1 Å². The van der Waals surface area contributed by atoms with E-state index in [9.17, 15) is 18.0 Å². The summed E-state index contributed by atoms with van der Waals surface area (Å²) in [5.74, 6) is -0.570. The molecule has 0 aliphatic rings. The van der Waals surface area contributed by atoms with Crippen LogP contribution in [0.4, 0.5) is 11.4 Å². The van der Waals surface area contributed by atoms with E-state index in [4.69, 9.17) is 0 Å². The molecule has 2 aromatic rings. The number of sulfonamides is 1. The highest BCUT2D eigenvalue weighted by molar-refractivity contribution is 7.92. The van der Waals surface area contributed by atoms with Crippen LogP contribution in [0.5, 0.6) is 0 Å². The van der Waals surface area contributed by atoms with E-state index >= 15 is 0 Å². The van der Waals surface area contributed by atoms with Gasteiger partial charge in [0.15, 0.2) is 5.78 Å². The van der Waals surface area contributed by atoms with Crippen molar-refractivity contribution in [2.75, 3.05) is 15.9 Å². The summed E-state index contributed by atoms with van der Waals surface area (Å²) in [6, 6.07) is 12.6. The molecule has 27 heavy (non-hydrogen) atoms. The zero-order valence-corrected chi connectivity index (χ0v) is 16.7. The molecule has 2 aromatic carbocycles. The van der Waals surface area contributed by atoms with Crippen LogP contribution in [0.25, 0.3) is 0 Å². The number of anilines is 2. The van der Waals surface area contributed by atoms with Gasteiger partial charge < -0.3 is 5.32 Å². The summed E-state index contributed by atoms with van der Waals surface area (Å²) in [7, 11) is -3.68. The number of hydrogen-bond donors (Lipinski definition) is 1. The number of aryl methyl sites for hydroxylation is 1. The summed E-state index contributed by atoms with van der Waals surface area (Å²) in [4.78, 5) is 24.4. The van der Waals surface area contributed by atoms with Gasteiger partial charge >= 0.3 is 0 Å². The normalized spacial score (nSPS) is 12.3. The molecule has 1 amide bonds. The summed E-state index contributed by atoms with van der Waals surface area (Å²) in [6.07, 6.45) is 1.37. The molecule has 0 bridgehead atoms. The zero-order valence-electron chi connectivity index (χ0n) is 15.9. The summed E-state index contributed by atoms with van der Waals surface area (Å²) in [5.41, 5.74) is 2.34. The molecular weight excluding hydrogens is 364 g/mol. The van der Waals surface area contributed by atoms with Crippen LogP contribution in [-0.4, -0.2) is 32.4 Å². The van der Waals surface area contributed by atoms with Crippen LogP contribution >= 0.6 is 0 Å². The molecule has 6 nitrogen and oxygen atoms in total. The van der Waals surface area contributed by atoms with Gasteiger partial charge in [0.2, 0.25) is 15.9 Å². The van der Waals surface area contributed by atoms with E-state index in [1.807, 2.05) is 6.92 Å². The van der Waals surface area contributed by atoms with E-state index in [1.165, 1.54) is 6.92 Å². The number of Topliss-reactive ketones (excluding diaryl/α,β-unsaturated/α-hetero) is 1. The van der Waals surface area contributed by atoms with Gasteiger partial charge in [0, 0.05) is 11.3 Å². The van der Waals surface area contributed by atoms with Crippen molar-refractivity contribution in [3.8, 4) is 0 Å². The van der Waals surface area contributed by atoms with Crippen LogP contribution < -0.4 is 9.62 Å². The molecule has 0 saturated carbocycles. The third kappa shape index (κ3) is 5.17. The first-order valence-electron chi connectivity index (χ1n) is 8.61. The molecule has 0 spiro atoms.